The number of unbranched alkanes of at least 4 members (excludes halogenated alkanes) is 2. The molecule has 1 rings (SSSR count). The maximum Gasteiger partial charge on any atom is 0.253 e. The van der Waals surface area contributed by atoms with Crippen LogP contribution in [-0.4, -0.2) is 42.5 Å². The lowest BCUT2D eigenvalue weighted by Gasteiger charge is -2.17. The standard InChI is InChI=1S/C14H20ClNO3/c1-16(9-5-3-4-8-15)14(18)11-6-7-13(19-2)12(17)10-11/h6-7,10,17H,3-5,8-9H2,1-2H3. The van der Waals surface area contributed by atoms with Crippen LogP contribution in [0.3, 0.4) is 0 Å². The number of amides is 1. The van der Waals surface area contributed by atoms with Crippen molar-refractivity contribution >= 4 is 17.5 Å². The molecule has 0 bridgehead atoms. The Kier molecular flexibility index (Phi) is 6.50. The zero-order valence-corrected chi connectivity index (χ0v) is 12.1. The summed E-state index contributed by atoms with van der Waals surface area (Å²) in [5.74, 6) is 0.887. The third kappa shape index (κ3) is 4.63. The summed E-state index contributed by atoms with van der Waals surface area (Å²) in [5, 5.41) is 9.66. The van der Waals surface area contributed by atoms with Crippen molar-refractivity contribution in [3.8, 4) is 11.5 Å². The van der Waals surface area contributed by atoms with Gasteiger partial charge in [0.05, 0.1) is 7.11 Å². The van der Waals surface area contributed by atoms with Gasteiger partial charge in [-0.05, 0) is 31.0 Å². The summed E-state index contributed by atoms with van der Waals surface area (Å²) in [4.78, 5) is 13.8. The second kappa shape index (κ2) is 7.89. The minimum absolute atomic E-state index is 0.0242. The number of nitrogens with zero attached hydrogens (tertiary/aromatic N) is 1. The van der Waals surface area contributed by atoms with Gasteiger partial charge in [-0.2, -0.15) is 0 Å². The van der Waals surface area contributed by atoms with E-state index in [0.29, 0.717) is 23.7 Å². The molecule has 0 atom stereocenters. The molecular weight excluding hydrogens is 266 g/mol. The van der Waals surface area contributed by atoms with E-state index in [4.69, 9.17) is 16.3 Å². The largest absolute Gasteiger partial charge is 0.504 e. The molecule has 0 saturated carbocycles. The van der Waals surface area contributed by atoms with Crippen LogP contribution in [0, 0.1) is 0 Å². The molecule has 0 aromatic heterocycles. The summed E-state index contributed by atoms with van der Waals surface area (Å²) < 4.78 is 4.94. The normalized spacial score (nSPS) is 10.3. The second-order valence-corrected chi connectivity index (χ2v) is 4.74. The molecule has 0 aliphatic carbocycles. The molecule has 0 aliphatic heterocycles. The Hall–Kier alpha value is -1.42. The minimum atomic E-state index is -0.108. The average Bonchev–Trinajstić information content (AvgIpc) is 2.42. The number of alkyl halides is 1. The number of benzene rings is 1. The van der Waals surface area contributed by atoms with Crippen LogP contribution in [0.5, 0.6) is 11.5 Å². The van der Waals surface area contributed by atoms with E-state index in [0.717, 1.165) is 19.3 Å². The molecular formula is C14H20ClNO3. The summed E-state index contributed by atoms with van der Waals surface area (Å²) in [7, 11) is 3.23. The van der Waals surface area contributed by atoms with E-state index >= 15 is 0 Å². The molecule has 0 saturated heterocycles. The van der Waals surface area contributed by atoms with Crippen LogP contribution >= 0.6 is 11.6 Å². The fourth-order valence-electron chi connectivity index (χ4n) is 1.77. The molecule has 1 N–H and O–H groups in total. The molecule has 19 heavy (non-hydrogen) atoms. The Bertz CT molecular complexity index is 423. The highest BCUT2D eigenvalue weighted by atomic mass is 35.5. The molecule has 106 valence electrons. The molecule has 0 radical (unpaired) electrons. The molecule has 1 aromatic carbocycles. The van der Waals surface area contributed by atoms with Gasteiger partial charge >= 0.3 is 0 Å². The van der Waals surface area contributed by atoms with Gasteiger partial charge in [0, 0.05) is 25.0 Å². The Morgan fingerprint density at radius 2 is 2.11 bits per heavy atom. The lowest BCUT2D eigenvalue weighted by atomic mass is 10.1. The van der Waals surface area contributed by atoms with Crippen molar-refractivity contribution in [3.63, 3.8) is 0 Å². The van der Waals surface area contributed by atoms with Crippen LogP contribution in [-0.2, 0) is 0 Å². The maximum absolute atomic E-state index is 12.1. The Labute approximate surface area is 118 Å². The maximum atomic E-state index is 12.1. The Morgan fingerprint density at radius 3 is 2.68 bits per heavy atom. The molecule has 0 aliphatic rings. The second-order valence-electron chi connectivity index (χ2n) is 4.36. The third-order valence-corrected chi connectivity index (χ3v) is 3.17. The summed E-state index contributed by atoms with van der Waals surface area (Å²) in [5.41, 5.74) is 0.457. The number of methoxy groups -OCH3 is 1. The van der Waals surface area contributed by atoms with Crippen molar-refractivity contribution in [2.45, 2.75) is 19.3 Å². The van der Waals surface area contributed by atoms with Gasteiger partial charge in [0.15, 0.2) is 11.5 Å². The van der Waals surface area contributed by atoms with Gasteiger partial charge in [0.1, 0.15) is 0 Å². The SMILES string of the molecule is COc1ccc(C(=O)N(C)CCCCCCl)cc1O. The third-order valence-electron chi connectivity index (χ3n) is 2.90. The predicted molar refractivity (Wildman–Crippen MR) is 76.2 cm³/mol. The first-order chi connectivity index (χ1) is 9.10. The minimum Gasteiger partial charge on any atom is -0.504 e. The zero-order chi connectivity index (χ0) is 14.3. The number of halogens is 1. The molecule has 5 heteroatoms. The van der Waals surface area contributed by atoms with Crippen LogP contribution in [0.15, 0.2) is 18.2 Å². The van der Waals surface area contributed by atoms with Gasteiger partial charge in [-0.15, -0.1) is 11.6 Å². The number of ether oxygens (including phenoxy) is 1. The first-order valence-electron chi connectivity index (χ1n) is 6.28. The van der Waals surface area contributed by atoms with Crippen molar-refractivity contribution in [1.82, 2.24) is 4.90 Å². The predicted octanol–water partition coefficient (Wildman–Crippen LogP) is 2.88. The van der Waals surface area contributed by atoms with Crippen molar-refractivity contribution in [2.75, 3.05) is 26.6 Å². The molecule has 1 aromatic rings. The molecule has 4 nitrogen and oxygen atoms in total. The van der Waals surface area contributed by atoms with E-state index in [9.17, 15) is 9.90 Å². The lowest BCUT2D eigenvalue weighted by Crippen LogP contribution is -2.27. The fraction of sp³-hybridized carbons (Fsp3) is 0.500. The molecule has 1 amide bonds. The first-order valence-corrected chi connectivity index (χ1v) is 6.82. The van der Waals surface area contributed by atoms with Gasteiger partial charge in [-0.3, -0.25) is 4.79 Å². The number of carbonyl (C=O) groups is 1. The summed E-state index contributed by atoms with van der Waals surface area (Å²) in [6.45, 7) is 0.683. The van der Waals surface area contributed by atoms with E-state index in [2.05, 4.69) is 0 Å². The average molecular weight is 286 g/mol. The number of phenols is 1. The zero-order valence-electron chi connectivity index (χ0n) is 11.4. The highest BCUT2D eigenvalue weighted by Gasteiger charge is 2.13. The van der Waals surface area contributed by atoms with Crippen LogP contribution in [0.25, 0.3) is 0 Å². The topological polar surface area (TPSA) is 49.8 Å². The van der Waals surface area contributed by atoms with E-state index in [1.54, 1.807) is 24.1 Å². The lowest BCUT2D eigenvalue weighted by molar-refractivity contribution is 0.0792. The van der Waals surface area contributed by atoms with E-state index in [-0.39, 0.29) is 11.7 Å². The highest BCUT2D eigenvalue weighted by Crippen LogP contribution is 2.26. The van der Waals surface area contributed by atoms with Crippen LogP contribution in [0.1, 0.15) is 29.6 Å². The van der Waals surface area contributed by atoms with Crippen molar-refractivity contribution in [1.29, 1.82) is 0 Å². The van der Waals surface area contributed by atoms with E-state index in [1.165, 1.54) is 13.2 Å². The number of phenolic OH excluding ortho intramolecular Hbond substituents is 1. The fourth-order valence-corrected chi connectivity index (χ4v) is 1.95. The number of hydrogen-bond acceptors (Lipinski definition) is 3. The summed E-state index contributed by atoms with van der Waals surface area (Å²) >= 11 is 5.60. The van der Waals surface area contributed by atoms with Crippen molar-refractivity contribution in [3.05, 3.63) is 23.8 Å². The van der Waals surface area contributed by atoms with Gasteiger partial charge in [0.2, 0.25) is 0 Å². The summed E-state index contributed by atoms with van der Waals surface area (Å²) in [6.07, 6.45) is 2.90. The van der Waals surface area contributed by atoms with Crippen LogP contribution < -0.4 is 4.74 Å². The van der Waals surface area contributed by atoms with Crippen LogP contribution in [0.2, 0.25) is 0 Å². The summed E-state index contributed by atoms with van der Waals surface area (Å²) in [6, 6.07) is 4.66. The molecule has 0 unspecified atom stereocenters. The Morgan fingerprint density at radius 1 is 1.37 bits per heavy atom. The molecule has 0 spiro atoms. The van der Waals surface area contributed by atoms with Crippen molar-refractivity contribution in [2.24, 2.45) is 0 Å². The monoisotopic (exact) mass is 285 g/mol. The quantitative estimate of drug-likeness (QED) is 0.619. The van der Waals surface area contributed by atoms with Crippen LogP contribution in [0.4, 0.5) is 0 Å². The number of carbonyl (C=O) groups excluding carboxylic acids is 1. The smallest absolute Gasteiger partial charge is 0.253 e. The number of aromatic hydroxyl groups is 1. The Balaban J connectivity index is 2.59. The van der Waals surface area contributed by atoms with Crippen molar-refractivity contribution < 1.29 is 14.6 Å². The van der Waals surface area contributed by atoms with Gasteiger partial charge in [-0.1, -0.05) is 6.42 Å². The first kappa shape index (κ1) is 15.6. The molecule has 0 heterocycles. The number of hydrogen-bond donors (Lipinski definition) is 1. The van der Waals surface area contributed by atoms with E-state index in [1.807, 2.05) is 0 Å². The number of rotatable bonds is 7. The highest BCUT2D eigenvalue weighted by molar-refractivity contribution is 6.17. The van der Waals surface area contributed by atoms with Gasteiger partial charge in [0.25, 0.3) is 5.91 Å². The van der Waals surface area contributed by atoms with E-state index < -0.39 is 0 Å². The molecule has 0 fully saturated rings. The van der Waals surface area contributed by atoms with Gasteiger partial charge in [-0.25, -0.2) is 0 Å². The van der Waals surface area contributed by atoms with Gasteiger partial charge < -0.3 is 14.7 Å².